The molecule has 1 rings (SSSR count). The van der Waals surface area contributed by atoms with Crippen LogP contribution in [0.15, 0.2) is 12.4 Å². The van der Waals surface area contributed by atoms with Gasteiger partial charge in [0.15, 0.2) is 9.84 Å². The zero-order valence-electron chi connectivity index (χ0n) is 8.18. The standard InChI is InChI=1S/C8H15N3O2S/c1-8-10-3-4-11(8)5-7-14(12,13)6-2-9/h3-4H,2,5-7,9H2,1H3. The minimum absolute atomic E-state index is 0.0563. The fraction of sp³-hybridized carbons (Fsp3) is 0.625. The normalized spacial score (nSPS) is 11.9. The van der Waals surface area contributed by atoms with Gasteiger partial charge in [-0.15, -0.1) is 0 Å². The summed E-state index contributed by atoms with van der Waals surface area (Å²) in [7, 11) is -3.00. The molecular weight excluding hydrogens is 202 g/mol. The summed E-state index contributed by atoms with van der Waals surface area (Å²) in [6.07, 6.45) is 3.43. The molecule has 80 valence electrons. The molecule has 0 aliphatic carbocycles. The van der Waals surface area contributed by atoms with Crippen LogP contribution in [0.2, 0.25) is 0 Å². The van der Waals surface area contributed by atoms with Crippen molar-refractivity contribution in [3.8, 4) is 0 Å². The zero-order chi connectivity index (χ0) is 10.6. The van der Waals surface area contributed by atoms with Gasteiger partial charge >= 0.3 is 0 Å². The maximum atomic E-state index is 11.3. The summed E-state index contributed by atoms with van der Waals surface area (Å²) in [5.74, 6) is 1.01. The van der Waals surface area contributed by atoms with Gasteiger partial charge in [-0.3, -0.25) is 0 Å². The molecule has 0 bridgehead atoms. The van der Waals surface area contributed by atoms with E-state index in [0.717, 1.165) is 5.82 Å². The van der Waals surface area contributed by atoms with Gasteiger partial charge in [-0.25, -0.2) is 13.4 Å². The summed E-state index contributed by atoms with van der Waals surface area (Å²) in [6, 6.07) is 0. The molecule has 0 radical (unpaired) electrons. The van der Waals surface area contributed by atoms with Crippen LogP contribution in [0.1, 0.15) is 5.82 Å². The lowest BCUT2D eigenvalue weighted by Crippen LogP contribution is -2.21. The van der Waals surface area contributed by atoms with Crippen LogP contribution in [0.3, 0.4) is 0 Å². The lowest BCUT2D eigenvalue weighted by atomic mass is 10.6. The van der Waals surface area contributed by atoms with Crippen LogP contribution < -0.4 is 5.73 Å². The number of aromatic nitrogens is 2. The van der Waals surface area contributed by atoms with E-state index in [0.29, 0.717) is 6.54 Å². The van der Waals surface area contributed by atoms with Crippen LogP contribution in [-0.2, 0) is 16.4 Å². The molecule has 0 aromatic carbocycles. The quantitative estimate of drug-likeness (QED) is 0.725. The minimum atomic E-state index is -3.00. The highest BCUT2D eigenvalue weighted by Gasteiger charge is 2.09. The number of aryl methyl sites for hydroxylation is 2. The number of nitrogens with two attached hydrogens (primary N) is 1. The molecule has 0 amide bonds. The highest BCUT2D eigenvalue weighted by molar-refractivity contribution is 7.91. The van der Waals surface area contributed by atoms with E-state index in [-0.39, 0.29) is 18.1 Å². The summed E-state index contributed by atoms with van der Waals surface area (Å²) < 4.78 is 24.5. The highest BCUT2D eigenvalue weighted by Crippen LogP contribution is 1.97. The molecule has 5 nitrogen and oxygen atoms in total. The summed E-state index contributed by atoms with van der Waals surface area (Å²) >= 11 is 0. The third-order valence-corrected chi connectivity index (χ3v) is 3.66. The molecule has 0 fully saturated rings. The molecule has 1 aromatic rings. The van der Waals surface area contributed by atoms with Gasteiger partial charge in [0, 0.05) is 25.5 Å². The van der Waals surface area contributed by atoms with Gasteiger partial charge in [-0.2, -0.15) is 0 Å². The number of imidazole rings is 1. The first kappa shape index (κ1) is 11.2. The monoisotopic (exact) mass is 217 g/mol. The summed E-state index contributed by atoms with van der Waals surface area (Å²) in [6.45, 7) is 2.48. The van der Waals surface area contributed by atoms with E-state index in [9.17, 15) is 8.42 Å². The van der Waals surface area contributed by atoms with Crippen molar-refractivity contribution in [3.05, 3.63) is 18.2 Å². The van der Waals surface area contributed by atoms with Crippen molar-refractivity contribution in [2.24, 2.45) is 5.73 Å². The number of nitrogens with zero attached hydrogens (tertiary/aromatic N) is 2. The Morgan fingerprint density at radius 1 is 1.50 bits per heavy atom. The predicted molar refractivity (Wildman–Crippen MR) is 54.7 cm³/mol. The first-order valence-electron chi connectivity index (χ1n) is 4.43. The first-order valence-corrected chi connectivity index (χ1v) is 6.25. The Hall–Kier alpha value is -0.880. The van der Waals surface area contributed by atoms with Crippen molar-refractivity contribution in [2.75, 3.05) is 18.1 Å². The summed E-state index contributed by atoms with van der Waals surface area (Å²) in [5, 5.41) is 0. The van der Waals surface area contributed by atoms with E-state index < -0.39 is 9.84 Å². The number of hydrogen-bond donors (Lipinski definition) is 1. The maximum absolute atomic E-state index is 11.3. The smallest absolute Gasteiger partial charge is 0.153 e. The predicted octanol–water partition coefficient (Wildman–Crippen LogP) is -0.435. The molecule has 0 aliphatic rings. The molecule has 0 spiro atoms. The fourth-order valence-corrected chi connectivity index (χ4v) is 2.20. The van der Waals surface area contributed by atoms with Gasteiger partial charge in [-0.05, 0) is 6.92 Å². The second kappa shape index (κ2) is 4.56. The van der Waals surface area contributed by atoms with Gasteiger partial charge in [0.1, 0.15) is 5.82 Å². The molecule has 0 unspecified atom stereocenters. The van der Waals surface area contributed by atoms with E-state index in [1.54, 1.807) is 12.4 Å². The van der Waals surface area contributed by atoms with Gasteiger partial charge in [0.25, 0.3) is 0 Å². The van der Waals surface area contributed by atoms with Gasteiger partial charge in [0.2, 0.25) is 0 Å². The Morgan fingerprint density at radius 3 is 2.71 bits per heavy atom. The van der Waals surface area contributed by atoms with Crippen LogP contribution in [0.5, 0.6) is 0 Å². The van der Waals surface area contributed by atoms with Crippen LogP contribution in [0.25, 0.3) is 0 Å². The Balaban J connectivity index is 2.53. The van der Waals surface area contributed by atoms with Gasteiger partial charge in [-0.1, -0.05) is 0 Å². The van der Waals surface area contributed by atoms with E-state index in [4.69, 9.17) is 5.73 Å². The lowest BCUT2D eigenvalue weighted by molar-refractivity contribution is 0.587. The Morgan fingerprint density at radius 2 is 2.21 bits per heavy atom. The molecular formula is C8H15N3O2S. The van der Waals surface area contributed by atoms with Crippen molar-refractivity contribution in [1.82, 2.24) is 9.55 Å². The minimum Gasteiger partial charge on any atom is -0.334 e. The van der Waals surface area contributed by atoms with Crippen molar-refractivity contribution in [3.63, 3.8) is 0 Å². The lowest BCUT2D eigenvalue weighted by Gasteiger charge is -2.05. The SMILES string of the molecule is Cc1nccn1CCS(=O)(=O)CCN. The van der Waals surface area contributed by atoms with E-state index >= 15 is 0 Å². The largest absolute Gasteiger partial charge is 0.334 e. The summed E-state index contributed by atoms with van der Waals surface area (Å²) in [5.41, 5.74) is 5.20. The van der Waals surface area contributed by atoms with Crippen LogP contribution in [0, 0.1) is 6.92 Å². The first-order chi connectivity index (χ1) is 6.55. The molecule has 1 heterocycles. The molecule has 0 atom stereocenters. The molecule has 6 heteroatoms. The Bertz CT molecular complexity index is 383. The molecule has 0 saturated heterocycles. The summed E-state index contributed by atoms with van der Waals surface area (Å²) in [4.78, 5) is 4.01. The Kier molecular flexibility index (Phi) is 3.65. The van der Waals surface area contributed by atoms with Crippen molar-refractivity contribution in [2.45, 2.75) is 13.5 Å². The van der Waals surface area contributed by atoms with Crippen molar-refractivity contribution >= 4 is 9.84 Å². The molecule has 0 saturated carbocycles. The van der Waals surface area contributed by atoms with Crippen molar-refractivity contribution in [1.29, 1.82) is 0 Å². The number of hydrogen-bond acceptors (Lipinski definition) is 4. The molecule has 14 heavy (non-hydrogen) atoms. The third-order valence-electron chi connectivity index (χ3n) is 2.00. The van der Waals surface area contributed by atoms with E-state index in [2.05, 4.69) is 4.98 Å². The van der Waals surface area contributed by atoms with Gasteiger partial charge in [0.05, 0.1) is 11.5 Å². The highest BCUT2D eigenvalue weighted by atomic mass is 32.2. The van der Waals surface area contributed by atoms with Crippen LogP contribution >= 0.6 is 0 Å². The van der Waals surface area contributed by atoms with Gasteiger partial charge < -0.3 is 10.3 Å². The van der Waals surface area contributed by atoms with Crippen LogP contribution in [0.4, 0.5) is 0 Å². The maximum Gasteiger partial charge on any atom is 0.153 e. The molecule has 1 aromatic heterocycles. The third kappa shape index (κ3) is 3.12. The average molecular weight is 217 g/mol. The zero-order valence-corrected chi connectivity index (χ0v) is 9.00. The Labute approximate surface area is 83.9 Å². The van der Waals surface area contributed by atoms with E-state index in [1.807, 2.05) is 11.5 Å². The van der Waals surface area contributed by atoms with E-state index in [1.165, 1.54) is 0 Å². The number of rotatable bonds is 5. The van der Waals surface area contributed by atoms with Crippen LogP contribution in [-0.4, -0.2) is 36.0 Å². The fourth-order valence-electron chi connectivity index (χ4n) is 1.16. The van der Waals surface area contributed by atoms with Crippen molar-refractivity contribution < 1.29 is 8.42 Å². The number of sulfone groups is 1. The molecule has 0 aliphatic heterocycles. The molecule has 2 N–H and O–H groups in total. The average Bonchev–Trinajstić information content (AvgIpc) is 2.48. The second-order valence-corrected chi connectivity index (χ2v) is 5.41. The topological polar surface area (TPSA) is 78.0 Å². The second-order valence-electron chi connectivity index (χ2n) is 3.11.